The minimum absolute atomic E-state index is 0.114. The van der Waals surface area contributed by atoms with Crippen molar-refractivity contribution in [3.63, 3.8) is 0 Å². The Bertz CT molecular complexity index is 1050. The zero-order valence-corrected chi connectivity index (χ0v) is 20.5. The molecule has 34 heavy (non-hydrogen) atoms. The number of carbonyl (C=O) groups excluding carboxylic acids is 1. The number of hydrogen-bond acceptors (Lipinski definition) is 6. The van der Waals surface area contributed by atoms with Gasteiger partial charge in [0, 0.05) is 30.4 Å². The number of halogens is 1. The van der Waals surface area contributed by atoms with Gasteiger partial charge in [-0.05, 0) is 73.5 Å². The molecule has 1 aromatic heterocycles. The van der Waals surface area contributed by atoms with E-state index in [0.717, 1.165) is 44.3 Å². The second-order valence-corrected chi connectivity index (χ2v) is 10.8. The van der Waals surface area contributed by atoms with Crippen LogP contribution in [0.3, 0.4) is 0 Å². The van der Waals surface area contributed by atoms with Gasteiger partial charge in [-0.3, -0.25) is 4.79 Å². The molecule has 7 nitrogen and oxygen atoms in total. The molecule has 2 heterocycles. The van der Waals surface area contributed by atoms with Crippen molar-refractivity contribution in [3.8, 4) is 5.88 Å². The molecular weight excluding hydrogens is 452 g/mol. The molecule has 1 aliphatic heterocycles. The van der Waals surface area contributed by atoms with Crippen molar-refractivity contribution in [2.45, 2.75) is 71.1 Å². The minimum Gasteiger partial charge on any atom is -0.472 e. The third-order valence-corrected chi connectivity index (χ3v) is 8.03. The first-order chi connectivity index (χ1) is 16.4. The monoisotopic (exact) mass is 484 g/mol. The summed E-state index contributed by atoms with van der Waals surface area (Å²) in [4.78, 5) is 24.6. The van der Waals surface area contributed by atoms with Crippen LogP contribution in [0, 0.1) is 11.3 Å². The van der Waals surface area contributed by atoms with E-state index in [-0.39, 0.29) is 25.2 Å². The van der Waals surface area contributed by atoms with Gasteiger partial charge in [0.15, 0.2) is 0 Å². The van der Waals surface area contributed by atoms with Gasteiger partial charge < -0.3 is 20.1 Å². The van der Waals surface area contributed by atoms with Gasteiger partial charge in [-0.15, -0.1) is 0 Å². The van der Waals surface area contributed by atoms with Gasteiger partial charge in [0.1, 0.15) is 12.2 Å². The lowest BCUT2D eigenvalue weighted by atomic mass is 9.87. The Labute approximate surface area is 205 Å². The number of amides is 1. The second kappa shape index (κ2) is 9.70. The largest absolute Gasteiger partial charge is 0.472 e. The molecule has 1 spiro atoms. The normalized spacial score (nSPS) is 23.2. The highest BCUT2D eigenvalue weighted by molar-refractivity contribution is 6.31. The van der Waals surface area contributed by atoms with E-state index < -0.39 is 0 Å². The van der Waals surface area contributed by atoms with E-state index in [1.54, 1.807) is 18.3 Å². The molecule has 2 saturated carbocycles. The fourth-order valence-electron chi connectivity index (χ4n) is 5.09. The van der Waals surface area contributed by atoms with Crippen LogP contribution in [0.4, 0.5) is 5.95 Å². The molecule has 3 aliphatic rings. The molecule has 2 N–H and O–H groups in total. The summed E-state index contributed by atoms with van der Waals surface area (Å²) in [6, 6.07) is 5.59. The Morgan fingerprint density at radius 1 is 1.26 bits per heavy atom. The minimum atomic E-state index is -0.185. The number of ether oxygens (including phenoxy) is 1. The van der Waals surface area contributed by atoms with E-state index in [1.165, 1.54) is 19.3 Å². The Kier molecular flexibility index (Phi) is 6.67. The number of nitrogens with zero attached hydrogens (tertiary/aromatic N) is 3. The first kappa shape index (κ1) is 23.4. The van der Waals surface area contributed by atoms with Crippen LogP contribution in [0.1, 0.15) is 73.4 Å². The molecule has 1 amide bonds. The van der Waals surface area contributed by atoms with Gasteiger partial charge in [-0.2, -0.15) is 4.98 Å². The van der Waals surface area contributed by atoms with Crippen LogP contribution in [0.25, 0.3) is 0 Å². The predicted octanol–water partition coefficient (Wildman–Crippen LogP) is 4.50. The molecule has 0 bridgehead atoms. The summed E-state index contributed by atoms with van der Waals surface area (Å²) in [6.07, 6.45) is 9.58. The number of rotatable bonds is 7. The molecule has 3 fully saturated rings. The van der Waals surface area contributed by atoms with Crippen molar-refractivity contribution in [1.82, 2.24) is 15.3 Å². The van der Waals surface area contributed by atoms with Gasteiger partial charge in [0.2, 0.25) is 11.8 Å². The Morgan fingerprint density at radius 2 is 2.06 bits per heavy atom. The topological polar surface area (TPSA) is 87.6 Å². The first-order valence-corrected chi connectivity index (χ1v) is 12.8. The summed E-state index contributed by atoms with van der Waals surface area (Å²) in [5.74, 6) is 1.45. The zero-order valence-electron chi connectivity index (χ0n) is 19.7. The van der Waals surface area contributed by atoms with Crippen molar-refractivity contribution < 1.29 is 14.6 Å². The summed E-state index contributed by atoms with van der Waals surface area (Å²) < 4.78 is 6.09. The van der Waals surface area contributed by atoms with Crippen molar-refractivity contribution in [2.24, 2.45) is 11.3 Å². The van der Waals surface area contributed by atoms with Gasteiger partial charge >= 0.3 is 0 Å². The van der Waals surface area contributed by atoms with Crippen LogP contribution in [-0.2, 0) is 13.2 Å². The van der Waals surface area contributed by atoms with Crippen LogP contribution < -0.4 is 15.0 Å². The summed E-state index contributed by atoms with van der Waals surface area (Å²) >= 11 is 6.24. The molecular formula is C26H33ClN4O3. The van der Waals surface area contributed by atoms with Crippen LogP contribution in [0.15, 0.2) is 24.4 Å². The van der Waals surface area contributed by atoms with Crippen LogP contribution in [0.5, 0.6) is 5.88 Å². The van der Waals surface area contributed by atoms with Gasteiger partial charge in [0.25, 0.3) is 5.91 Å². The molecule has 1 aromatic carbocycles. The zero-order chi connectivity index (χ0) is 23.7. The van der Waals surface area contributed by atoms with E-state index in [2.05, 4.69) is 22.1 Å². The fraction of sp³-hybridized carbons (Fsp3) is 0.577. The Morgan fingerprint density at radius 3 is 2.74 bits per heavy atom. The number of anilines is 1. The highest BCUT2D eigenvalue weighted by atomic mass is 35.5. The third-order valence-electron chi connectivity index (χ3n) is 7.68. The maximum Gasteiger partial charge on any atom is 0.258 e. The summed E-state index contributed by atoms with van der Waals surface area (Å²) in [7, 11) is 0. The smallest absolute Gasteiger partial charge is 0.258 e. The standard InChI is InChI=1S/C26H33ClN4O3/c1-17-2-6-20(7-3-17)29-23(33)21-13-28-25(31-11-10-26(16-31)8-9-26)30-24(21)34-15-18-4-5-19(14-32)22(27)12-18/h4-5,12-13,17,20,32H,2-3,6-11,14-16H2,1H3,(H,29,33). The van der Waals surface area contributed by atoms with E-state index in [1.807, 2.05) is 6.07 Å². The third kappa shape index (κ3) is 5.15. The fourth-order valence-corrected chi connectivity index (χ4v) is 5.36. The average Bonchev–Trinajstić information content (AvgIpc) is 3.47. The molecule has 0 atom stereocenters. The van der Waals surface area contributed by atoms with Crippen molar-refractivity contribution in [2.75, 3.05) is 18.0 Å². The second-order valence-electron chi connectivity index (χ2n) is 10.4. The lowest BCUT2D eigenvalue weighted by molar-refractivity contribution is 0.0917. The SMILES string of the molecule is CC1CCC(NC(=O)c2cnc(N3CCC4(CC4)C3)nc2OCc2ccc(CO)c(Cl)c2)CC1. The van der Waals surface area contributed by atoms with Gasteiger partial charge in [-0.25, -0.2) is 4.98 Å². The lowest BCUT2D eigenvalue weighted by Gasteiger charge is -2.27. The molecule has 5 rings (SSSR count). The lowest BCUT2D eigenvalue weighted by Crippen LogP contribution is -2.37. The highest BCUT2D eigenvalue weighted by Gasteiger charge is 2.48. The van der Waals surface area contributed by atoms with Crippen molar-refractivity contribution >= 4 is 23.5 Å². The van der Waals surface area contributed by atoms with E-state index >= 15 is 0 Å². The van der Waals surface area contributed by atoms with Crippen molar-refractivity contribution in [1.29, 1.82) is 0 Å². The maximum atomic E-state index is 13.2. The maximum absolute atomic E-state index is 13.2. The van der Waals surface area contributed by atoms with E-state index in [0.29, 0.717) is 39.3 Å². The molecule has 2 aliphatic carbocycles. The van der Waals surface area contributed by atoms with Gasteiger partial charge in [0.05, 0.1) is 6.61 Å². The highest BCUT2D eigenvalue weighted by Crippen LogP contribution is 2.53. The van der Waals surface area contributed by atoms with Crippen LogP contribution in [0.2, 0.25) is 5.02 Å². The van der Waals surface area contributed by atoms with E-state index in [4.69, 9.17) is 21.3 Å². The van der Waals surface area contributed by atoms with Crippen molar-refractivity contribution in [3.05, 3.63) is 46.1 Å². The number of carbonyl (C=O) groups is 1. The average molecular weight is 485 g/mol. The molecule has 8 heteroatoms. The number of aliphatic hydroxyl groups is 1. The summed E-state index contributed by atoms with van der Waals surface area (Å²) in [5, 5.41) is 13.0. The molecule has 0 unspecified atom stereocenters. The Balaban J connectivity index is 1.34. The van der Waals surface area contributed by atoms with Crippen LogP contribution >= 0.6 is 11.6 Å². The van der Waals surface area contributed by atoms with Gasteiger partial charge in [-0.1, -0.05) is 30.7 Å². The first-order valence-electron chi connectivity index (χ1n) is 12.4. The molecule has 182 valence electrons. The molecule has 0 radical (unpaired) electrons. The number of benzene rings is 1. The van der Waals surface area contributed by atoms with Crippen LogP contribution in [-0.4, -0.2) is 40.1 Å². The predicted molar refractivity (Wildman–Crippen MR) is 131 cm³/mol. The number of hydrogen-bond donors (Lipinski definition) is 2. The number of aliphatic hydroxyl groups excluding tert-OH is 1. The summed E-state index contributed by atoms with van der Waals surface area (Å²) in [6.45, 7) is 4.27. The van der Waals surface area contributed by atoms with E-state index in [9.17, 15) is 9.90 Å². The quantitative estimate of drug-likeness (QED) is 0.601. The summed E-state index contributed by atoms with van der Waals surface area (Å²) in [5.41, 5.74) is 2.32. The molecule has 2 aromatic rings. The Hall–Kier alpha value is -2.38. The number of aromatic nitrogens is 2. The number of nitrogens with one attached hydrogen (secondary N) is 1. The molecule has 1 saturated heterocycles.